The molecule has 0 aliphatic carbocycles. The van der Waals surface area contributed by atoms with Crippen LogP contribution in [0.3, 0.4) is 0 Å². The van der Waals surface area contributed by atoms with Gasteiger partial charge in [0.25, 0.3) is 0 Å². The molecular weight excluding hydrogens is 198 g/mol. The van der Waals surface area contributed by atoms with E-state index in [1.54, 1.807) is 7.11 Å². The van der Waals surface area contributed by atoms with Crippen LogP contribution in [0.4, 0.5) is 0 Å². The van der Waals surface area contributed by atoms with Crippen LogP contribution in [0.2, 0.25) is 0 Å². The number of benzene rings is 1. The molecule has 1 rings (SSSR count). The van der Waals surface area contributed by atoms with Crippen molar-refractivity contribution in [2.45, 2.75) is 25.3 Å². The van der Waals surface area contributed by atoms with Crippen LogP contribution in [-0.4, -0.2) is 14.2 Å². The zero-order chi connectivity index (χ0) is 11.8. The van der Waals surface area contributed by atoms with Crippen molar-refractivity contribution in [3.63, 3.8) is 0 Å². The Kier molecular flexibility index (Phi) is 5.65. The third-order valence-corrected chi connectivity index (χ3v) is 2.76. The van der Waals surface area contributed by atoms with Gasteiger partial charge in [0.1, 0.15) is 5.75 Å². The smallest absolute Gasteiger partial charge is 0.123 e. The average Bonchev–Trinajstić information content (AvgIpc) is 2.35. The number of methoxy groups -OCH3 is 1. The van der Waals surface area contributed by atoms with Gasteiger partial charge in [-0.15, -0.1) is 6.58 Å². The van der Waals surface area contributed by atoms with E-state index >= 15 is 0 Å². The first-order valence-electron chi connectivity index (χ1n) is 5.74. The molecule has 1 aromatic rings. The number of allylic oxidation sites excluding steroid dienone is 1. The fraction of sp³-hybridized carbons (Fsp3) is 0.429. The predicted molar refractivity (Wildman–Crippen MR) is 68.8 cm³/mol. The molecule has 88 valence electrons. The second-order valence-electron chi connectivity index (χ2n) is 3.80. The summed E-state index contributed by atoms with van der Waals surface area (Å²) in [4.78, 5) is 0. The van der Waals surface area contributed by atoms with Crippen LogP contribution in [0.1, 0.15) is 30.9 Å². The van der Waals surface area contributed by atoms with Crippen molar-refractivity contribution >= 4 is 0 Å². The molecule has 1 N–H and O–H groups in total. The molecule has 1 atom stereocenters. The van der Waals surface area contributed by atoms with Crippen LogP contribution in [0, 0.1) is 0 Å². The van der Waals surface area contributed by atoms with Gasteiger partial charge in [-0.2, -0.15) is 0 Å². The summed E-state index contributed by atoms with van der Waals surface area (Å²) in [7, 11) is 3.71. The van der Waals surface area contributed by atoms with Crippen LogP contribution in [0.5, 0.6) is 5.75 Å². The lowest BCUT2D eigenvalue weighted by Crippen LogP contribution is -2.17. The Morgan fingerprint density at radius 3 is 2.81 bits per heavy atom. The van der Waals surface area contributed by atoms with E-state index in [0.717, 1.165) is 25.0 Å². The largest absolute Gasteiger partial charge is 0.496 e. The molecule has 1 aromatic carbocycles. The van der Waals surface area contributed by atoms with E-state index in [-0.39, 0.29) is 0 Å². The topological polar surface area (TPSA) is 21.3 Å². The van der Waals surface area contributed by atoms with Crippen molar-refractivity contribution in [1.29, 1.82) is 0 Å². The van der Waals surface area contributed by atoms with E-state index in [4.69, 9.17) is 4.74 Å². The quantitative estimate of drug-likeness (QED) is 0.561. The lowest BCUT2D eigenvalue weighted by molar-refractivity contribution is 0.397. The van der Waals surface area contributed by atoms with Gasteiger partial charge in [-0.05, 0) is 32.4 Å². The van der Waals surface area contributed by atoms with E-state index in [1.807, 2.05) is 25.3 Å². The van der Waals surface area contributed by atoms with Gasteiger partial charge in [-0.25, -0.2) is 0 Å². The first-order chi connectivity index (χ1) is 7.83. The number of nitrogens with one attached hydrogen (secondary N) is 1. The summed E-state index contributed by atoms with van der Waals surface area (Å²) in [5.74, 6) is 0.959. The van der Waals surface area contributed by atoms with Gasteiger partial charge in [0.05, 0.1) is 7.11 Å². The maximum atomic E-state index is 5.37. The highest BCUT2D eigenvalue weighted by Gasteiger charge is 2.12. The van der Waals surface area contributed by atoms with Gasteiger partial charge in [-0.1, -0.05) is 24.3 Å². The SMILES string of the molecule is C=CCCCC(NC)c1ccccc1OC. The molecule has 0 aliphatic heterocycles. The fourth-order valence-electron chi connectivity index (χ4n) is 1.88. The number of unbranched alkanes of at least 4 members (excludes halogenated alkanes) is 1. The zero-order valence-corrected chi connectivity index (χ0v) is 10.2. The van der Waals surface area contributed by atoms with Crippen molar-refractivity contribution in [3.8, 4) is 5.75 Å². The minimum Gasteiger partial charge on any atom is -0.496 e. The van der Waals surface area contributed by atoms with Gasteiger partial charge in [0.2, 0.25) is 0 Å². The Bertz CT molecular complexity index is 322. The molecule has 0 heterocycles. The van der Waals surface area contributed by atoms with Gasteiger partial charge in [0.15, 0.2) is 0 Å². The highest BCUT2D eigenvalue weighted by Crippen LogP contribution is 2.27. The van der Waals surface area contributed by atoms with Crippen LogP contribution in [-0.2, 0) is 0 Å². The summed E-state index contributed by atoms with van der Waals surface area (Å²) in [6.07, 6.45) is 5.28. The van der Waals surface area contributed by atoms with Gasteiger partial charge >= 0.3 is 0 Å². The van der Waals surface area contributed by atoms with E-state index in [0.29, 0.717) is 6.04 Å². The molecule has 0 fully saturated rings. The standard InChI is InChI=1S/C14H21NO/c1-4-5-6-10-13(15-2)12-9-7-8-11-14(12)16-3/h4,7-9,11,13,15H,1,5-6,10H2,2-3H3. The zero-order valence-electron chi connectivity index (χ0n) is 10.2. The maximum Gasteiger partial charge on any atom is 0.123 e. The molecule has 0 aliphatic rings. The average molecular weight is 219 g/mol. The molecule has 16 heavy (non-hydrogen) atoms. The van der Waals surface area contributed by atoms with Crippen molar-refractivity contribution < 1.29 is 4.74 Å². The van der Waals surface area contributed by atoms with Crippen LogP contribution in [0.25, 0.3) is 0 Å². The molecule has 0 spiro atoms. The summed E-state index contributed by atoms with van der Waals surface area (Å²) < 4.78 is 5.37. The van der Waals surface area contributed by atoms with Crippen molar-refractivity contribution in [1.82, 2.24) is 5.32 Å². The van der Waals surface area contributed by atoms with Crippen LogP contribution >= 0.6 is 0 Å². The Hall–Kier alpha value is -1.28. The minimum absolute atomic E-state index is 0.357. The van der Waals surface area contributed by atoms with E-state index in [2.05, 4.69) is 24.0 Å². The van der Waals surface area contributed by atoms with Gasteiger partial charge in [0, 0.05) is 11.6 Å². The molecule has 0 bridgehead atoms. The number of rotatable bonds is 7. The highest BCUT2D eigenvalue weighted by molar-refractivity contribution is 5.35. The summed E-state index contributed by atoms with van der Waals surface area (Å²) in [5.41, 5.74) is 1.23. The van der Waals surface area contributed by atoms with Crippen LogP contribution < -0.4 is 10.1 Å². The monoisotopic (exact) mass is 219 g/mol. The molecular formula is C14H21NO. The van der Waals surface area contributed by atoms with E-state index in [9.17, 15) is 0 Å². The third-order valence-electron chi connectivity index (χ3n) is 2.76. The van der Waals surface area contributed by atoms with E-state index in [1.165, 1.54) is 5.56 Å². The number of ether oxygens (including phenoxy) is 1. The Balaban J connectivity index is 2.73. The molecule has 0 aromatic heterocycles. The van der Waals surface area contributed by atoms with Gasteiger partial charge < -0.3 is 10.1 Å². The van der Waals surface area contributed by atoms with Gasteiger partial charge in [-0.3, -0.25) is 0 Å². The molecule has 2 heteroatoms. The Morgan fingerprint density at radius 1 is 1.44 bits per heavy atom. The molecule has 0 amide bonds. The molecule has 0 saturated heterocycles. The van der Waals surface area contributed by atoms with E-state index < -0.39 is 0 Å². The minimum atomic E-state index is 0.357. The summed E-state index contributed by atoms with van der Waals surface area (Å²) >= 11 is 0. The Morgan fingerprint density at radius 2 is 2.19 bits per heavy atom. The number of hydrogen-bond donors (Lipinski definition) is 1. The Labute approximate surface area is 98.3 Å². The van der Waals surface area contributed by atoms with Crippen LogP contribution in [0.15, 0.2) is 36.9 Å². The number of para-hydroxylation sites is 1. The molecule has 0 radical (unpaired) electrons. The third kappa shape index (κ3) is 3.38. The lowest BCUT2D eigenvalue weighted by atomic mass is 10.00. The molecule has 0 saturated carbocycles. The summed E-state index contributed by atoms with van der Waals surface area (Å²) in [6, 6.07) is 8.53. The first-order valence-corrected chi connectivity index (χ1v) is 5.74. The normalized spacial score (nSPS) is 12.1. The summed E-state index contributed by atoms with van der Waals surface area (Å²) in [6.45, 7) is 3.74. The second kappa shape index (κ2) is 7.07. The molecule has 2 nitrogen and oxygen atoms in total. The fourth-order valence-corrected chi connectivity index (χ4v) is 1.88. The first kappa shape index (κ1) is 12.8. The molecule has 1 unspecified atom stereocenters. The lowest BCUT2D eigenvalue weighted by Gasteiger charge is -2.18. The second-order valence-corrected chi connectivity index (χ2v) is 3.80. The summed E-state index contributed by atoms with van der Waals surface area (Å²) in [5, 5.41) is 3.34. The maximum absolute atomic E-state index is 5.37. The number of hydrogen-bond acceptors (Lipinski definition) is 2. The predicted octanol–water partition coefficient (Wildman–Crippen LogP) is 3.31. The van der Waals surface area contributed by atoms with Crippen molar-refractivity contribution in [3.05, 3.63) is 42.5 Å². The van der Waals surface area contributed by atoms with Crippen molar-refractivity contribution in [2.75, 3.05) is 14.2 Å². The highest BCUT2D eigenvalue weighted by atomic mass is 16.5. The van der Waals surface area contributed by atoms with Crippen molar-refractivity contribution in [2.24, 2.45) is 0 Å².